The van der Waals surface area contributed by atoms with E-state index in [4.69, 9.17) is 11.5 Å². The highest BCUT2D eigenvalue weighted by molar-refractivity contribution is 5.86. The van der Waals surface area contributed by atoms with Crippen molar-refractivity contribution < 1.29 is 9.59 Å². The lowest BCUT2D eigenvalue weighted by molar-refractivity contribution is -0.124. The van der Waals surface area contributed by atoms with Crippen molar-refractivity contribution in [1.82, 2.24) is 10.6 Å². The molecule has 0 spiro atoms. The molecule has 0 aromatic carbocycles. The first-order valence-corrected chi connectivity index (χ1v) is 5.48. The van der Waals surface area contributed by atoms with Crippen LogP contribution in [-0.2, 0) is 4.79 Å². The van der Waals surface area contributed by atoms with Crippen molar-refractivity contribution in [3.8, 4) is 0 Å². The van der Waals surface area contributed by atoms with E-state index in [9.17, 15) is 9.59 Å². The fraction of sp³-hybridized carbons (Fsp3) is 0.800. The zero-order chi connectivity index (χ0) is 12.8. The predicted octanol–water partition coefficient (Wildman–Crippen LogP) is 0.0987. The van der Waals surface area contributed by atoms with E-state index in [1.807, 2.05) is 13.8 Å². The van der Waals surface area contributed by atoms with E-state index in [0.717, 1.165) is 12.8 Å². The van der Waals surface area contributed by atoms with Gasteiger partial charge in [0.05, 0.1) is 5.54 Å². The van der Waals surface area contributed by atoms with Crippen LogP contribution in [0.15, 0.2) is 0 Å². The highest BCUT2D eigenvalue weighted by Gasteiger charge is 2.28. The molecule has 1 atom stereocenters. The van der Waals surface area contributed by atoms with E-state index in [1.54, 1.807) is 6.92 Å². The largest absolute Gasteiger partial charge is 0.352 e. The molecule has 0 bridgehead atoms. The fourth-order valence-corrected chi connectivity index (χ4v) is 1.42. The molecule has 0 aliphatic rings. The summed E-state index contributed by atoms with van der Waals surface area (Å²) in [5.41, 5.74) is 10.2. The summed E-state index contributed by atoms with van der Waals surface area (Å²) in [6.07, 6.45) is 1.49. The van der Waals surface area contributed by atoms with Gasteiger partial charge in [0.25, 0.3) is 0 Å². The molecule has 0 heterocycles. The Morgan fingerprint density at radius 2 is 1.76 bits per heavy atom. The minimum atomic E-state index is -0.714. The number of carbonyl (C=O) groups is 2. The van der Waals surface area contributed by atoms with Gasteiger partial charge in [-0.05, 0) is 19.8 Å². The number of nitrogens with two attached hydrogens (primary N) is 2. The van der Waals surface area contributed by atoms with Crippen molar-refractivity contribution in [1.29, 1.82) is 0 Å². The van der Waals surface area contributed by atoms with Crippen LogP contribution in [0.25, 0.3) is 0 Å². The smallest absolute Gasteiger partial charge is 0.312 e. The standard InChI is InChI=1S/C10H22N4O2.ClH/c1-4-10(5-2,6-11)14-8(15)7(3)13-9(12)16;/h7H,4-6,11H2,1-3H3,(H,14,15)(H3,12,13,16);1H. The van der Waals surface area contributed by atoms with Gasteiger partial charge >= 0.3 is 6.03 Å². The summed E-state index contributed by atoms with van der Waals surface area (Å²) in [7, 11) is 0. The molecule has 6 nitrogen and oxygen atoms in total. The van der Waals surface area contributed by atoms with E-state index < -0.39 is 17.6 Å². The Morgan fingerprint density at radius 3 is 2.06 bits per heavy atom. The summed E-state index contributed by atoms with van der Waals surface area (Å²) in [5, 5.41) is 5.17. The number of carbonyl (C=O) groups excluding carboxylic acids is 2. The molecule has 0 aromatic rings. The minimum absolute atomic E-state index is 0. The van der Waals surface area contributed by atoms with Gasteiger partial charge in [0.2, 0.25) is 5.91 Å². The topological polar surface area (TPSA) is 110 Å². The first kappa shape index (κ1) is 18.4. The van der Waals surface area contributed by atoms with Gasteiger partial charge in [0, 0.05) is 6.54 Å². The quantitative estimate of drug-likeness (QED) is 0.547. The Balaban J connectivity index is 0. The second kappa shape index (κ2) is 8.14. The normalized spacial score (nSPS) is 12.2. The van der Waals surface area contributed by atoms with Crippen LogP contribution in [-0.4, -0.2) is 30.1 Å². The van der Waals surface area contributed by atoms with Crippen molar-refractivity contribution in [3.63, 3.8) is 0 Å². The van der Waals surface area contributed by atoms with E-state index in [1.165, 1.54) is 0 Å². The third kappa shape index (κ3) is 5.74. The Labute approximate surface area is 108 Å². The van der Waals surface area contributed by atoms with Crippen molar-refractivity contribution in [2.24, 2.45) is 11.5 Å². The van der Waals surface area contributed by atoms with Crippen LogP contribution in [0.3, 0.4) is 0 Å². The van der Waals surface area contributed by atoms with Crippen LogP contribution >= 0.6 is 12.4 Å². The lowest BCUT2D eigenvalue weighted by atomic mass is 9.92. The molecule has 0 aliphatic heterocycles. The van der Waals surface area contributed by atoms with Gasteiger partial charge < -0.3 is 22.1 Å². The molecule has 1 unspecified atom stereocenters. The van der Waals surface area contributed by atoms with Crippen LogP contribution in [0.5, 0.6) is 0 Å². The summed E-state index contributed by atoms with van der Waals surface area (Å²) in [4.78, 5) is 22.3. The van der Waals surface area contributed by atoms with Gasteiger partial charge in [-0.15, -0.1) is 12.4 Å². The zero-order valence-corrected chi connectivity index (χ0v) is 11.4. The maximum absolute atomic E-state index is 11.7. The maximum atomic E-state index is 11.7. The van der Waals surface area contributed by atoms with Crippen LogP contribution < -0.4 is 22.1 Å². The third-order valence-electron chi connectivity index (χ3n) is 2.88. The van der Waals surface area contributed by atoms with Crippen LogP contribution in [0.4, 0.5) is 4.79 Å². The molecule has 0 radical (unpaired) electrons. The molecule has 7 heteroatoms. The monoisotopic (exact) mass is 266 g/mol. The molecule has 102 valence electrons. The van der Waals surface area contributed by atoms with Crippen molar-refractivity contribution >= 4 is 24.3 Å². The molecular formula is C10H23ClN4O2. The summed E-state index contributed by atoms with van der Waals surface area (Å²) in [5.74, 6) is -0.270. The molecule has 0 saturated heterocycles. The Kier molecular flexibility index (Phi) is 8.79. The first-order chi connectivity index (χ1) is 7.40. The van der Waals surface area contributed by atoms with E-state index in [2.05, 4.69) is 10.6 Å². The van der Waals surface area contributed by atoms with Crippen LogP contribution in [0, 0.1) is 0 Å². The number of urea groups is 1. The van der Waals surface area contributed by atoms with Crippen LogP contribution in [0.1, 0.15) is 33.6 Å². The molecular weight excluding hydrogens is 244 g/mol. The highest BCUT2D eigenvalue weighted by Crippen LogP contribution is 2.13. The summed E-state index contributed by atoms with van der Waals surface area (Å²) in [6.45, 7) is 5.87. The lowest BCUT2D eigenvalue weighted by Crippen LogP contribution is -2.58. The van der Waals surface area contributed by atoms with Gasteiger partial charge in [-0.1, -0.05) is 13.8 Å². The molecule has 0 fully saturated rings. The summed E-state index contributed by atoms with van der Waals surface area (Å²) < 4.78 is 0. The maximum Gasteiger partial charge on any atom is 0.312 e. The van der Waals surface area contributed by atoms with E-state index in [-0.39, 0.29) is 18.3 Å². The second-order valence-corrected chi connectivity index (χ2v) is 3.91. The number of rotatable bonds is 6. The average Bonchev–Trinajstić information content (AvgIpc) is 2.25. The number of hydrogen-bond donors (Lipinski definition) is 4. The SMILES string of the molecule is CCC(CC)(CN)NC(=O)C(C)NC(N)=O.Cl. The average molecular weight is 267 g/mol. The van der Waals surface area contributed by atoms with E-state index >= 15 is 0 Å². The first-order valence-electron chi connectivity index (χ1n) is 5.48. The molecule has 17 heavy (non-hydrogen) atoms. The van der Waals surface area contributed by atoms with Gasteiger partial charge in [-0.3, -0.25) is 4.79 Å². The van der Waals surface area contributed by atoms with Gasteiger partial charge in [0.1, 0.15) is 6.04 Å². The van der Waals surface area contributed by atoms with Gasteiger partial charge in [-0.25, -0.2) is 4.79 Å². The van der Waals surface area contributed by atoms with E-state index in [0.29, 0.717) is 6.54 Å². The number of amides is 3. The number of primary amides is 1. The van der Waals surface area contributed by atoms with Crippen LogP contribution in [0.2, 0.25) is 0 Å². The third-order valence-corrected chi connectivity index (χ3v) is 2.88. The molecule has 0 saturated carbocycles. The molecule has 3 amide bonds. The number of hydrogen-bond acceptors (Lipinski definition) is 3. The van der Waals surface area contributed by atoms with Crippen molar-refractivity contribution in [3.05, 3.63) is 0 Å². The Morgan fingerprint density at radius 1 is 1.29 bits per heavy atom. The van der Waals surface area contributed by atoms with Crippen molar-refractivity contribution in [2.75, 3.05) is 6.54 Å². The predicted molar refractivity (Wildman–Crippen MR) is 69.9 cm³/mol. The Hall–Kier alpha value is -1.01. The minimum Gasteiger partial charge on any atom is -0.352 e. The zero-order valence-electron chi connectivity index (χ0n) is 10.6. The van der Waals surface area contributed by atoms with Gasteiger partial charge in [-0.2, -0.15) is 0 Å². The fourth-order valence-electron chi connectivity index (χ4n) is 1.42. The molecule has 0 aliphatic carbocycles. The van der Waals surface area contributed by atoms with Crippen molar-refractivity contribution in [2.45, 2.75) is 45.2 Å². The molecule has 0 aromatic heterocycles. The number of halogens is 1. The summed E-state index contributed by atoms with van der Waals surface area (Å²) >= 11 is 0. The lowest BCUT2D eigenvalue weighted by Gasteiger charge is -2.32. The number of nitrogens with one attached hydrogen (secondary N) is 2. The Bertz CT molecular complexity index is 248. The second-order valence-electron chi connectivity index (χ2n) is 3.91. The summed E-state index contributed by atoms with van der Waals surface area (Å²) in [6, 6.07) is -1.37. The molecule has 0 rings (SSSR count). The highest BCUT2D eigenvalue weighted by atomic mass is 35.5. The molecule has 6 N–H and O–H groups in total. The van der Waals surface area contributed by atoms with Gasteiger partial charge in [0.15, 0.2) is 0 Å².